The Kier molecular flexibility index (Phi) is 10.8. The lowest BCUT2D eigenvalue weighted by Gasteiger charge is -2.24. The summed E-state index contributed by atoms with van der Waals surface area (Å²) in [6.07, 6.45) is -1.96. The Bertz CT molecular complexity index is 815. The topological polar surface area (TPSA) is 208 Å². The molecule has 3 amide bonds. The lowest BCUT2D eigenvalue weighted by atomic mass is 10.0. The van der Waals surface area contributed by atoms with Gasteiger partial charge >= 0.3 is 11.9 Å². The van der Waals surface area contributed by atoms with Crippen LogP contribution < -0.4 is 21.7 Å². The number of hydrogen-bond acceptors (Lipinski definition) is 7. The van der Waals surface area contributed by atoms with Crippen molar-refractivity contribution in [1.82, 2.24) is 16.0 Å². The van der Waals surface area contributed by atoms with E-state index < -0.39 is 66.9 Å². The first-order chi connectivity index (χ1) is 15.0. The number of aliphatic carboxylic acids is 2. The second-order valence-corrected chi connectivity index (χ2v) is 7.12. The molecule has 12 heteroatoms. The first kappa shape index (κ1) is 26.5. The average Bonchev–Trinajstić information content (AvgIpc) is 2.73. The molecular weight excluding hydrogens is 424 g/mol. The molecule has 0 aliphatic heterocycles. The summed E-state index contributed by atoms with van der Waals surface area (Å²) in [5.41, 5.74) is 6.23. The molecule has 4 unspecified atom stereocenters. The number of aliphatic hydroxyl groups is 1. The van der Waals surface area contributed by atoms with Crippen molar-refractivity contribution in [3.8, 4) is 0 Å². The summed E-state index contributed by atoms with van der Waals surface area (Å²) in [4.78, 5) is 59.2. The van der Waals surface area contributed by atoms with Crippen molar-refractivity contribution < 1.29 is 39.3 Å². The summed E-state index contributed by atoms with van der Waals surface area (Å²) < 4.78 is 0. The fraction of sp³-hybridized carbons (Fsp3) is 0.450. The SMILES string of the molecule is CC(O)C(N)C(=O)NC(CCC(=O)O)C(=O)NC(Cc1ccccc1)C(=O)NCC(=O)O. The van der Waals surface area contributed by atoms with Crippen LogP contribution >= 0.6 is 0 Å². The Labute approximate surface area is 184 Å². The fourth-order valence-electron chi connectivity index (χ4n) is 2.64. The summed E-state index contributed by atoms with van der Waals surface area (Å²) in [6.45, 7) is 0.613. The van der Waals surface area contributed by atoms with Gasteiger partial charge in [-0.3, -0.25) is 24.0 Å². The van der Waals surface area contributed by atoms with Gasteiger partial charge in [0, 0.05) is 12.8 Å². The third-order valence-corrected chi connectivity index (χ3v) is 4.43. The summed E-state index contributed by atoms with van der Waals surface area (Å²) in [5, 5.41) is 34.1. The Hall–Kier alpha value is -3.51. The number of aliphatic hydroxyl groups excluding tert-OH is 1. The Balaban J connectivity index is 3.01. The highest BCUT2D eigenvalue weighted by Gasteiger charge is 2.29. The number of nitrogens with one attached hydrogen (secondary N) is 3. The molecule has 0 aromatic heterocycles. The smallest absolute Gasteiger partial charge is 0.322 e. The van der Waals surface area contributed by atoms with Crippen LogP contribution in [0.5, 0.6) is 0 Å². The molecule has 0 aliphatic rings. The predicted octanol–water partition coefficient (Wildman–Crippen LogP) is -2.03. The molecule has 0 radical (unpaired) electrons. The van der Waals surface area contributed by atoms with Crippen LogP contribution in [-0.4, -0.2) is 75.8 Å². The van der Waals surface area contributed by atoms with E-state index >= 15 is 0 Å². The quantitative estimate of drug-likeness (QED) is 0.176. The molecular formula is C20H28N4O8. The number of rotatable bonds is 13. The normalized spacial score (nSPS) is 14.3. The standard InChI is InChI=1S/C20H28N4O8/c1-11(25)17(21)20(32)23-13(7-8-15(26)27)19(31)24-14(18(30)22-10-16(28)29)9-12-5-3-2-4-6-12/h2-6,11,13-14,17,25H,7-10,21H2,1H3,(H,22,30)(H,23,32)(H,24,31)(H,26,27)(H,28,29). The number of carboxylic acids is 2. The fourth-order valence-corrected chi connectivity index (χ4v) is 2.64. The molecule has 8 N–H and O–H groups in total. The van der Waals surface area contributed by atoms with E-state index in [9.17, 15) is 29.1 Å². The predicted molar refractivity (Wildman–Crippen MR) is 111 cm³/mol. The van der Waals surface area contributed by atoms with Crippen LogP contribution in [0.15, 0.2) is 30.3 Å². The van der Waals surface area contributed by atoms with Crippen molar-refractivity contribution in [3.05, 3.63) is 35.9 Å². The van der Waals surface area contributed by atoms with Crippen molar-refractivity contribution >= 4 is 29.7 Å². The molecule has 0 spiro atoms. The molecule has 0 bridgehead atoms. The number of carbonyl (C=O) groups is 5. The van der Waals surface area contributed by atoms with Crippen molar-refractivity contribution in [2.75, 3.05) is 6.54 Å². The van der Waals surface area contributed by atoms with Gasteiger partial charge in [0.1, 0.15) is 24.7 Å². The van der Waals surface area contributed by atoms with E-state index in [1.165, 1.54) is 6.92 Å². The summed E-state index contributed by atoms with van der Waals surface area (Å²) in [5.74, 6) is -4.99. The van der Waals surface area contributed by atoms with Gasteiger partial charge in [-0.15, -0.1) is 0 Å². The summed E-state index contributed by atoms with van der Waals surface area (Å²) in [7, 11) is 0. The van der Waals surface area contributed by atoms with Gasteiger partial charge in [-0.25, -0.2) is 0 Å². The first-order valence-corrected chi connectivity index (χ1v) is 9.80. The lowest BCUT2D eigenvalue weighted by molar-refractivity contribution is -0.138. The Morgan fingerprint density at radius 2 is 1.50 bits per heavy atom. The third-order valence-electron chi connectivity index (χ3n) is 4.43. The van der Waals surface area contributed by atoms with Gasteiger partial charge in [-0.2, -0.15) is 0 Å². The minimum Gasteiger partial charge on any atom is -0.481 e. The van der Waals surface area contributed by atoms with Gasteiger partial charge in [-0.1, -0.05) is 30.3 Å². The van der Waals surface area contributed by atoms with Crippen LogP contribution in [0.3, 0.4) is 0 Å². The van der Waals surface area contributed by atoms with Gasteiger partial charge in [0.2, 0.25) is 17.7 Å². The summed E-state index contributed by atoms with van der Waals surface area (Å²) in [6, 6.07) is 4.70. The molecule has 4 atom stereocenters. The number of carbonyl (C=O) groups excluding carboxylic acids is 3. The molecule has 176 valence electrons. The molecule has 1 aromatic carbocycles. The molecule has 0 aliphatic carbocycles. The monoisotopic (exact) mass is 452 g/mol. The maximum absolute atomic E-state index is 12.8. The third kappa shape index (κ3) is 9.53. The van der Waals surface area contributed by atoms with Gasteiger partial charge < -0.3 is 37.0 Å². The highest BCUT2D eigenvalue weighted by atomic mass is 16.4. The van der Waals surface area contributed by atoms with Gasteiger partial charge in [0.25, 0.3) is 0 Å². The maximum atomic E-state index is 12.8. The minimum atomic E-state index is -1.35. The highest BCUT2D eigenvalue weighted by molar-refractivity contribution is 5.94. The number of carboxylic acid groups (broad SMARTS) is 2. The summed E-state index contributed by atoms with van der Waals surface area (Å²) >= 11 is 0. The molecule has 0 saturated carbocycles. The van der Waals surface area contributed by atoms with E-state index in [2.05, 4.69) is 16.0 Å². The number of hydrogen-bond donors (Lipinski definition) is 7. The van der Waals surface area contributed by atoms with E-state index in [0.29, 0.717) is 5.56 Å². The molecule has 12 nitrogen and oxygen atoms in total. The number of benzene rings is 1. The van der Waals surface area contributed by atoms with Crippen LogP contribution in [-0.2, 0) is 30.4 Å². The minimum absolute atomic E-state index is 0.0187. The van der Waals surface area contributed by atoms with Crippen molar-refractivity contribution in [1.29, 1.82) is 0 Å². The molecule has 32 heavy (non-hydrogen) atoms. The van der Waals surface area contributed by atoms with Crippen LogP contribution in [0.25, 0.3) is 0 Å². The zero-order valence-electron chi connectivity index (χ0n) is 17.5. The second kappa shape index (κ2) is 13.0. The largest absolute Gasteiger partial charge is 0.481 e. The van der Waals surface area contributed by atoms with Crippen LogP contribution in [0.4, 0.5) is 0 Å². The van der Waals surface area contributed by atoms with Crippen LogP contribution in [0.2, 0.25) is 0 Å². The first-order valence-electron chi connectivity index (χ1n) is 9.80. The Morgan fingerprint density at radius 1 is 0.906 bits per heavy atom. The average molecular weight is 452 g/mol. The maximum Gasteiger partial charge on any atom is 0.322 e. The highest BCUT2D eigenvalue weighted by Crippen LogP contribution is 2.06. The lowest BCUT2D eigenvalue weighted by Crippen LogP contribution is -2.57. The van der Waals surface area contributed by atoms with E-state index in [4.69, 9.17) is 15.9 Å². The van der Waals surface area contributed by atoms with Crippen molar-refractivity contribution in [3.63, 3.8) is 0 Å². The van der Waals surface area contributed by atoms with E-state index in [0.717, 1.165) is 0 Å². The van der Waals surface area contributed by atoms with Crippen molar-refractivity contribution in [2.24, 2.45) is 5.73 Å². The number of amides is 3. The van der Waals surface area contributed by atoms with E-state index in [-0.39, 0.29) is 12.8 Å². The van der Waals surface area contributed by atoms with E-state index in [1.54, 1.807) is 30.3 Å². The van der Waals surface area contributed by atoms with Crippen molar-refractivity contribution in [2.45, 2.75) is 50.4 Å². The van der Waals surface area contributed by atoms with E-state index in [1.807, 2.05) is 0 Å². The van der Waals surface area contributed by atoms with Gasteiger partial charge in [-0.05, 0) is 18.9 Å². The molecule has 0 fully saturated rings. The number of nitrogens with two attached hydrogens (primary N) is 1. The van der Waals surface area contributed by atoms with Gasteiger partial charge in [0.15, 0.2) is 0 Å². The van der Waals surface area contributed by atoms with Gasteiger partial charge in [0.05, 0.1) is 6.10 Å². The molecule has 1 aromatic rings. The van der Waals surface area contributed by atoms with Crippen LogP contribution in [0, 0.1) is 0 Å². The molecule has 1 rings (SSSR count). The second-order valence-electron chi connectivity index (χ2n) is 7.12. The van der Waals surface area contributed by atoms with Crippen LogP contribution in [0.1, 0.15) is 25.3 Å². The zero-order valence-corrected chi connectivity index (χ0v) is 17.5. The molecule has 0 saturated heterocycles. The molecule has 0 heterocycles. The Morgan fingerprint density at radius 3 is 2.03 bits per heavy atom. The zero-order chi connectivity index (χ0) is 24.3.